The lowest BCUT2D eigenvalue weighted by Crippen LogP contribution is -2.40. The van der Waals surface area contributed by atoms with Gasteiger partial charge in [-0.05, 0) is 18.6 Å². The van der Waals surface area contributed by atoms with E-state index in [1.807, 2.05) is 19.1 Å². The molecule has 86 valence electrons. The minimum atomic E-state index is -0.272. The summed E-state index contributed by atoms with van der Waals surface area (Å²) in [4.78, 5) is 0. The summed E-state index contributed by atoms with van der Waals surface area (Å²) in [5.74, 6) is 0.148. The van der Waals surface area contributed by atoms with Crippen molar-refractivity contribution in [3.8, 4) is 0 Å². The van der Waals surface area contributed by atoms with Gasteiger partial charge in [0.2, 0.25) is 0 Å². The van der Waals surface area contributed by atoms with Gasteiger partial charge in [0.05, 0.1) is 31.3 Å². The Bertz CT molecular complexity index is 407. The van der Waals surface area contributed by atoms with Crippen LogP contribution in [0.25, 0.3) is 0 Å². The minimum Gasteiger partial charge on any atom is -0.380 e. The van der Waals surface area contributed by atoms with Gasteiger partial charge in [-0.3, -0.25) is 0 Å². The molecule has 0 saturated carbocycles. The summed E-state index contributed by atoms with van der Waals surface area (Å²) < 4.78 is 25.2. The maximum atomic E-state index is 13.9. The smallest absolute Gasteiger partial charge is 0.127 e. The van der Waals surface area contributed by atoms with Crippen LogP contribution in [-0.4, -0.2) is 25.9 Å². The first-order valence-electron chi connectivity index (χ1n) is 5.69. The van der Waals surface area contributed by atoms with E-state index in [4.69, 9.17) is 9.47 Å². The largest absolute Gasteiger partial charge is 0.380 e. The van der Waals surface area contributed by atoms with Crippen molar-refractivity contribution in [3.63, 3.8) is 0 Å². The highest BCUT2D eigenvalue weighted by Crippen LogP contribution is 2.47. The summed E-state index contributed by atoms with van der Waals surface area (Å²) in [5.41, 5.74) is 0.480. The van der Waals surface area contributed by atoms with Crippen molar-refractivity contribution in [2.45, 2.75) is 18.4 Å². The molecule has 0 aromatic heterocycles. The van der Waals surface area contributed by atoms with Crippen molar-refractivity contribution in [2.24, 2.45) is 5.92 Å². The van der Waals surface area contributed by atoms with Gasteiger partial charge in [-0.2, -0.15) is 0 Å². The molecule has 2 nitrogen and oxygen atoms in total. The first-order chi connectivity index (χ1) is 7.75. The molecule has 1 aromatic carbocycles. The molecule has 0 spiro atoms. The van der Waals surface area contributed by atoms with Crippen molar-refractivity contribution in [1.29, 1.82) is 0 Å². The molecule has 3 heteroatoms. The van der Waals surface area contributed by atoms with Gasteiger partial charge in [-0.25, -0.2) is 4.39 Å². The van der Waals surface area contributed by atoms with Gasteiger partial charge < -0.3 is 9.47 Å². The Morgan fingerprint density at radius 3 is 2.94 bits per heavy atom. The molecule has 2 aliphatic rings. The van der Waals surface area contributed by atoms with E-state index in [-0.39, 0.29) is 17.3 Å². The van der Waals surface area contributed by atoms with E-state index in [0.717, 1.165) is 5.56 Å². The average molecular weight is 222 g/mol. The molecule has 0 amide bonds. The van der Waals surface area contributed by atoms with Crippen molar-refractivity contribution in [1.82, 2.24) is 0 Å². The predicted octanol–water partition coefficient (Wildman–Crippen LogP) is 2.13. The third-order valence-corrected chi connectivity index (χ3v) is 4.04. The molecule has 0 radical (unpaired) electrons. The van der Waals surface area contributed by atoms with E-state index in [0.29, 0.717) is 25.7 Å². The SMILES string of the molecule is C[C@@H]1OC[C@H]2COC[C@]21c1ccccc1F. The third-order valence-electron chi connectivity index (χ3n) is 4.04. The second-order valence-electron chi connectivity index (χ2n) is 4.71. The number of hydrogen-bond acceptors (Lipinski definition) is 2. The Morgan fingerprint density at radius 2 is 2.12 bits per heavy atom. The Kier molecular flexibility index (Phi) is 2.26. The molecular formula is C13H15FO2. The Balaban J connectivity index is 2.13. The number of benzene rings is 1. The van der Waals surface area contributed by atoms with Crippen molar-refractivity contribution < 1.29 is 13.9 Å². The van der Waals surface area contributed by atoms with Gasteiger partial charge >= 0.3 is 0 Å². The summed E-state index contributed by atoms with van der Waals surface area (Å²) in [7, 11) is 0. The lowest BCUT2D eigenvalue weighted by Gasteiger charge is -2.31. The molecule has 0 bridgehead atoms. The zero-order chi connectivity index (χ0) is 11.2. The lowest BCUT2D eigenvalue weighted by molar-refractivity contribution is 0.0502. The predicted molar refractivity (Wildman–Crippen MR) is 57.8 cm³/mol. The molecule has 16 heavy (non-hydrogen) atoms. The number of rotatable bonds is 1. The van der Waals surface area contributed by atoms with Crippen molar-refractivity contribution in [3.05, 3.63) is 35.6 Å². The zero-order valence-corrected chi connectivity index (χ0v) is 9.28. The van der Waals surface area contributed by atoms with E-state index in [2.05, 4.69) is 0 Å². The fraction of sp³-hybridized carbons (Fsp3) is 0.538. The topological polar surface area (TPSA) is 18.5 Å². The molecule has 2 heterocycles. The normalized spacial score (nSPS) is 37.6. The molecule has 2 fully saturated rings. The van der Waals surface area contributed by atoms with Crippen LogP contribution >= 0.6 is 0 Å². The summed E-state index contributed by atoms with van der Waals surface area (Å²) >= 11 is 0. The van der Waals surface area contributed by atoms with E-state index < -0.39 is 0 Å². The number of ether oxygens (including phenoxy) is 2. The first-order valence-corrected chi connectivity index (χ1v) is 5.69. The standard InChI is InChI=1S/C13H15FO2/c1-9-13(8-15-6-10(13)7-16-9)11-4-2-3-5-12(11)14/h2-5,9-10H,6-8H2,1H3/t9-,10+,13+/m0/s1. The van der Waals surface area contributed by atoms with E-state index in [9.17, 15) is 4.39 Å². The third kappa shape index (κ3) is 1.19. The van der Waals surface area contributed by atoms with Crippen LogP contribution in [0, 0.1) is 11.7 Å². The van der Waals surface area contributed by atoms with Crippen LogP contribution < -0.4 is 0 Å². The van der Waals surface area contributed by atoms with Crippen molar-refractivity contribution in [2.75, 3.05) is 19.8 Å². The van der Waals surface area contributed by atoms with Crippen LogP contribution in [0.3, 0.4) is 0 Å². The van der Waals surface area contributed by atoms with Crippen LogP contribution in [0.15, 0.2) is 24.3 Å². The molecule has 3 rings (SSSR count). The summed E-state index contributed by atoms with van der Waals surface area (Å²) in [6.07, 6.45) is 0.0249. The molecule has 2 saturated heterocycles. The van der Waals surface area contributed by atoms with Gasteiger partial charge in [0.25, 0.3) is 0 Å². The van der Waals surface area contributed by atoms with Gasteiger partial charge in [0.1, 0.15) is 5.82 Å². The molecular weight excluding hydrogens is 207 g/mol. The van der Waals surface area contributed by atoms with Crippen LogP contribution in [0.2, 0.25) is 0 Å². The number of halogens is 1. The number of fused-ring (bicyclic) bond motifs is 1. The van der Waals surface area contributed by atoms with Crippen molar-refractivity contribution >= 4 is 0 Å². The summed E-state index contributed by atoms with van der Waals surface area (Å²) in [6, 6.07) is 6.99. The Morgan fingerprint density at radius 1 is 1.31 bits per heavy atom. The van der Waals surface area contributed by atoms with Crippen LogP contribution in [-0.2, 0) is 14.9 Å². The molecule has 0 unspecified atom stereocenters. The van der Waals surface area contributed by atoms with Gasteiger partial charge in [-0.15, -0.1) is 0 Å². The number of hydrogen-bond donors (Lipinski definition) is 0. The van der Waals surface area contributed by atoms with Gasteiger partial charge in [-0.1, -0.05) is 18.2 Å². The summed E-state index contributed by atoms with van der Waals surface area (Å²) in [6.45, 7) is 3.94. The van der Waals surface area contributed by atoms with Crippen LogP contribution in [0.4, 0.5) is 4.39 Å². The van der Waals surface area contributed by atoms with E-state index >= 15 is 0 Å². The molecule has 0 aliphatic carbocycles. The Hall–Kier alpha value is -0.930. The lowest BCUT2D eigenvalue weighted by atomic mass is 9.71. The molecule has 0 N–H and O–H groups in total. The quantitative estimate of drug-likeness (QED) is 0.724. The summed E-state index contributed by atoms with van der Waals surface area (Å²) in [5, 5.41) is 0. The highest BCUT2D eigenvalue weighted by molar-refractivity contribution is 5.32. The average Bonchev–Trinajstić information content (AvgIpc) is 2.82. The van der Waals surface area contributed by atoms with Gasteiger partial charge in [0.15, 0.2) is 0 Å². The second kappa shape index (κ2) is 3.54. The Labute approximate surface area is 94.4 Å². The van der Waals surface area contributed by atoms with E-state index in [1.54, 1.807) is 6.07 Å². The maximum Gasteiger partial charge on any atom is 0.127 e. The van der Waals surface area contributed by atoms with Crippen LogP contribution in [0.1, 0.15) is 12.5 Å². The highest BCUT2D eigenvalue weighted by Gasteiger charge is 2.55. The first kappa shape index (κ1) is 10.2. The maximum absolute atomic E-state index is 13.9. The van der Waals surface area contributed by atoms with Crippen LogP contribution in [0.5, 0.6) is 0 Å². The second-order valence-corrected chi connectivity index (χ2v) is 4.71. The molecule has 2 aliphatic heterocycles. The fourth-order valence-electron chi connectivity index (χ4n) is 3.05. The zero-order valence-electron chi connectivity index (χ0n) is 9.28. The fourth-order valence-corrected chi connectivity index (χ4v) is 3.05. The molecule has 1 aromatic rings. The highest BCUT2D eigenvalue weighted by atomic mass is 19.1. The van der Waals surface area contributed by atoms with Gasteiger partial charge in [0, 0.05) is 5.92 Å². The minimum absolute atomic E-state index is 0.0249. The van der Waals surface area contributed by atoms with E-state index in [1.165, 1.54) is 6.07 Å². The molecule has 3 atom stereocenters. The monoisotopic (exact) mass is 222 g/mol.